The fourth-order valence-electron chi connectivity index (χ4n) is 7.38. The third-order valence-electron chi connectivity index (χ3n) is 9.91. The van der Waals surface area contributed by atoms with Crippen molar-refractivity contribution in [3.05, 3.63) is 48.2 Å². The van der Waals surface area contributed by atoms with E-state index in [1.54, 1.807) is 4.90 Å². The molecule has 1 saturated carbocycles. The van der Waals surface area contributed by atoms with Crippen LogP contribution in [0.2, 0.25) is 0 Å². The van der Waals surface area contributed by atoms with Gasteiger partial charge in [-0.1, -0.05) is 37.5 Å². The molecule has 0 bridgehead atoms. The largest absolute Gasteiger partial charge is 0.380 e. The SMILES string of the molecule is Cn1ccc2cc(C3NCC(C(=O)N4CCN(C(=O)C5(O)CC5)CC4)CC34C/C=C\CCCCCC4)ccc21. The standard InChI is InChI=1S/C32H44N4O3/c1-34-16-11-24-21-25(9-10-27(24)34)28-31(12-7-5-3-2-4-6-8-13-31)22-26(23-33-28)29(37)35-17-19-36(20-18-35)30(38)32(39)14-15-32/h5,7,9-11,16,21,26,28,33,39H,2-4,6,8,12-15,17-20,22-23H2,1H3/b7-5-. The number of fused-ring (bicyclic) bond motifs is 1. The van der Waals surface area contributed by atoms with Crippen LogP contribution < -0.4 is 5.32 Å². The van der Waals surface area contributed by atoms with E-state index in [-0.39, 0.29) is 29.2 Å². The van der Waals surface area contributed by atoms with Crippen LogP contribution in [-0.2, 0) is 16.6 Å². The summed E-state index contributed by atoms with van der Waals surface area (Å²) in [4.78, 5) is 30.2. The second-order valence-corrected chi connectivity index (χ2v) is 12.6. The number of hydrogen-bond donors (Lipinski definition) is 2. The minimum absolute atomic E-state index is 0.0120. The highest BCUT2D eigenvalue weighted by Gasteiger charge is 2.51. The molecule has 7 heteroatoms. The molecule has 3 atom stereocenters. The van der Waals surface area contributed by atoms with Gasteiger partial charge in [0.2, 0.25) is 5.91 Å². The third-order valence-corrected chi connectivity index (χ3v) is 9.91. The lowest BCUT2D eigenvalue weighted by atomic mass is 9.63. The first kappa shape index (κ1) is 26.6. The predicted molar refractivity (Wildman–Crippen MR) is 153 cm³/mol. The lowest BCUT2D eigenvalue weighted by Gasteiger charge is -2.49. The van der Waals surface area contributed by atoms with E-state index in [1.165, 1.54) is 42.1 Å². The maximum atomic E-state index is 13.9. The molecule has 2 aliphatic heterocycles. The van der Waals surface area contributed by atoms with Crippen LogP contribution in [0.4, 0.5) is 0 Å². The van der Waals surface area contributed by atoms with E-state index >= 15 is 0 Å². The lowest BCUT2D eigenvalue weighted by molar-refractivity contribution is -0.149. The van der Waals surface area contributed by atoms with E-state index in [0.717, 1.165) is 25.7 Å². The summed E-state index contributed by atoms with van der Waals surface area (Å²) in [6.07, 6.45) is 17.1. The maximum absolute atomic E-state index is 13.9. The highest BCUT2D eigenvalue weighted by Crippen LogP contribution is 2.50. The molecule has 4 aliphatic rings. The fourth-order valence-corrected chi connectivity index (χ4v) is 7.38. The van der Waals surface area contributed by atoms with Gasteiger partial charge in [-0.25, -0.2) is 0 Å². The molecule has 1 aromatic heterocycles. The first-order valence-electron chi connectivity index (χ1n) is 15.1. The number of amides is 2. The predicted octanol–water partition coefficient (Wildman–Crippen LogP) is 4.31. The van der Waals surface area contributed by atoms with Gasteiger partial charge >= 0.3 is 0 Å². The number of aliphatic hydroxyl groups is 1. The summed E-state index contributed by atoms with van der Waals surface area (Å²) in [6, 6.07) is 9.29. The van der Waals surface area contributed by atoms with Crippen molar-refractivity contribution >= 4 is 22.7 Å². The van der Waals surface area contributed by atoms with Crippen LogP contribution in [0.25, 0.3) is 10.9 Å². The van der Waals surface area contributed by atoms with Crippen LogP contribution in [0.1, 0.15) is 75.8 Å². The Bertz CT molecular complexity index is 1240. The number of hydrogen-bond acceptors (Lipinski definition) is 4. The number of carbonyl (C=O) groups is 2. The number of aryl methyl sites for hydroxylation is 1. The molecule has 2 N–H and O–H groups in total. The molecule has 2 aromatic rings. The second-order valence-electron chi connectivity index (χ2n) is 12.6. The molecule has 39 heavy (non-hydrogen) atoms. The number of benzene rings is 1. The summed E-state index contributed by atoms with van der Waals surface area (Å²) in [7, 11) is 2.09. The van der Waals surface area contributed by atoms with E-state index in [4.69, 9.17) is 0 Å². The molecule has 7 nitrogen and oxygen atoms in total. The number of aromatic nitrogens is 1. The summed E-state index contributed by atoms with van der Waals surface area (Å²) in [5.41, 5.74) is 1.43. The van der Waals surface area contributed by atoms with Gasteiger partial charge in [0.1, 0.15) is 5.60 Å². The number of rotatable bonds is 3. The summed E-state index contributed by atoms with van der Waals surface area (Å²) in [5.74, 6) is 0.00413. The smallest absolute Gasteiger partial charge is 0.254 e. The zero-order chi connectivity index (χ0) is 27.0. The summed E-state index contributed by atoms with van der Waals surface area (Å²) in [6.45, 7) is 2.82. The Hall–Kier alpha value is -2.64. The van der Waals surface area contributed by atoms with Crippen molar-refractivity contribution in [3.63, 3.8) is 0 Å². The zero-order valence-electron chi connectivity index (χ0n) is 23.4. The topological polar surface area (TPSA) is 77.8 Å². The van der Waals surface area contributed by atoms with Gasteiger partial charge in [0.25, 0.3) is 5.91 Å². The van der Waals surface area contributed by atoms with Crippen molar-refractivity contribution in [1.29, 1.82) is 0 Å². The van der Waals surface area contributed by atoms with Crippen molar-refractivity contribution in [2.75, 3.05) is 32.7 Å². The number of piperidine rings is 1. The fraction of sp³-hybridized carbons (Fsp3) is 0.625. The van der Waals surface area contributed by atoms with Crippen molar-refractivity contribution < 1.29 is 14.7 Å². The number of allylic oxidation sites excluding steroid dienone is 2. The Balaban J connectivity index is 1.22. The van der Waals surface area contributed by atoms with Gasteiger partial charge in [-0.3, -0.25) is 9.59 Å². The molecule has 3 unspecified atom stereocenters. The monoisotopic (exact) mass is 532 g/mol. The number of carbonyl (C=O) groups excluding carboxylic acids is 2. The Kier molecular flexibility index (Phi) is 7.32. The molecule has 1 aromatic carbocycles. The molecular weight excluding hydrogens is 488 g/mol. The highest BCUT2D eigenvalue weighted by molar-refractivity contribution is 5.88. The van der Waals surface area contributed by atoms with Crippen LogP contribution in [0.3, 0.4) is 0 Å². The van der Waals surface area contributed by atoms with Crippen molar-refractivity contribution in [2.45, 2.75) is 75.9 Å². The Morgan fingerprint density at radius 2 is 1.72 bits per heavy atom. The summed E-state index contributed by atoms with van der Waals surface area (Å²) >= 11 is 0. The van der Waals surface area contributed by atoms with E-state index in [9.17, 15) is 14.7 Å². The lowest BCUT2D eigenvalue weighted by Crippen LogP contribution is -2.57. The molecule has 210 valence electrons. The first-order valence-corrected chi connectivity index (χ1v) is 15.1. The van der Waals surface area contributed by atoms with Crippen molar-refractivity contribution in [1.82, 2.24) is 19.7 Å². The van der Waals surface area contributed by atoms with Gasteiger partial charge in [0.15, 0.2) is 0 Å². The quantitative estimate of drug-likeness (QED) is 0.578. The Morgan fingerprint density at radius 1 is 0.949 bits per heavy atom. The number of nitrogens with zero attached hydrogens (tertiary/aromatic N) is 3. The van der Waals surface area contributed by atoms with E-state index in [2.05, 4.69) is 59.5 Å². The molecule has 2 saturated heterocycles. The second kappa shape index (κ2) is 10.7. The third kappa shape index (κ3) is 5.28. The minimum atomic E-state index is -1.13. The van der Waals surface area contributed by atoms with Crippen LogP contribution in [0.15, 0.2) is 42.6 Å². The molecule has 0 radical (unpaired) electrons. The van der Waals surface area contributed by atoms with Crippen LogP contribution in [0, 0.1) is 11.3 Å². The molecule has 1 spiro atoms. The average molecular weight is 533 g/mol. The molecule has 2 aliphatic carbocycles. The molecular formula is C32H44N4O3. The number of piperazine rings is 1. The van der Waals surface area contributed by atoms with Crippen molar-refractivity contribution in [3.8, 4) is 0 Å². The van der Waals surface area contributed by atoms with E-state index in [0.29, 0.717) is 45.6 Å². The van der Waals surface area contributed by atoms with Gasteiger partial charge in [-0.15, -0.1) is 0 Å². The highest BCUT2D eigenvalue weighted by atomic mass is 16.3. The van der Waals surface area contributed by atoms with Crippen molar-refractivity contribution in [2.24, 2.45) is 18.4 Å². The van der Waals surface area contributed by atoms with E-state index < -0.39 is 5.60 Å². The van der Waals surface area contributed by atoms with Crippen LogP contribution in [0.5, 0.6) is 0 Å². The minimum Gasteiger partial charge on any atom is -0.380 e. The number of nitrogens with one attached hydrogen (secondary N) is 1. The van der Waals surface area contributed by atoms with Crippen LogP contribution in [-0.4, -0.2) is 69.6 Å². The normalized spacial score (nSPS) is 30.3. The Morgan fingerprint density at radius 3 is 2.51 bits per heavy atom. The van der Waals surface area contributed by atoms with Gasteiger partial charge in [0.05, 0.1) is 5.92 Å². The molecule has 2 amide bonds. The van der Waals surface area contributed by atoms with Gasteiger partial charge in [0, 0.05) is 57.5 Å². The zero-order valence-corrected chi connectivity index (χ0v) is 23.4. The van der Waals surface area contributed by atoms with Gasteiger partial charge in [-0.2, -0.15) is 0 Å². The molecule has 3 heterocycles. The average Bonchev–Trinajstić information content (AvgIpc) is 3.62. The summed E-state index contributed by atoms with van der Waals surface area (Å²) < 4.78 is 2.17. The van der Waals surface area contributed by atoms with Crippen LogP contribution >= 0.6 is 0 Å². The first-order chi connectivity index (χ1) is 18.9. The molecule has 3 fully saturated rings. The van der Waals surface area contributed by atoms with Gasteiger partial charge in [-0.05, 0) is 79.5 Å². The summed E-state index contributed by atoms with van der Waals surface area (Å²) in [5, 5.41) is 15.4. The maximum Gasteiger partial charge on any atom is 0.254 e. The van der Waals surface area contributed by atoms with E-state index in [1.807, 2.05) is 4.90 Å². The molecule has 6 rings (SSSR count). The van der Waals surface area contributed by atoms with Gasteiger partial charge < -0.3 is 24.8 Å². The Labute approximate surface area is 232 Å².